The highest BCUT2D eigenvalue weighted by molar-refractivity contribution is 7.89. The second kappa shape index (κ2) is 9.62. The van der Waals surface area contributed by atoms with E-state index in [-0.39, 0.29) is 17.9 Å². The van der Waals surface area contributed by atoms with Crippen LogP contribution in [0.1, 0.15) is 30.9 Å². The first-order chi connectivity index (χ1) is 14.3. The predicted molar refractivity (Wildman–Crippen MR) is 117 cm³/mol. The minimum absolute atomic E-state index is 0.0389. The number of hydrogen-bond donors (Lipinski definition) is 1. The lowest BCUT2D eigenvalue weighted by Crippen LogP contribution is -2.45. The van der Waals surface area contributed by atoms with E-state index in [0.29, 0.717) is 37.4 Å². The fourth-order valence-corrected chi connectivity index (χ4v) is 5.02. The minimum Gasteiger partial charge on any atom is -0.491 e. The van der Waals surface area contributed by atoms with Crippen molar-refractivity contribution in [3.05, 3.63) is 59.7 Å². The van der Waals surface area contributed by atoms with Gasteiger partial charge in [-0.3, -0.25) is 4.79 Å². The van der Waals surface area contributed by atoms with E-state index in [9.17, 15) is 13.2 Å². The van der Waals surface area contributed by atoms with Gasteiger partial charge in [0.25, 0.3) is 0 Å². The topological polar surface area (TPSA) is 75.7 Å². The number of amides is 1. The van der Waals surface area contributed by atoms with Gasteiger partial charge >= 0.3 is 0 Å². The van der Waals surface area contributed by atoms with Crippen molar-refractivity contribution in [2.24, 2.45) is 5.92 Å². The Kier molecular flexibility index (Phi) is 7.15. The van der Waals surface area contributed by atoms with Crippen LogP contribution in [0.3, 0.4) is 0 Å². The summed E-state index contributed by atoms with van der Waals surface area (Å²) in [4.78, 5) is 12.9. The number of aryl methyl sites for hydroxylation is 2. The van der Waals surface area contributed by atoms with Crippen LogP contribution in [0.25, 0.3) is 0 Å². The van der Waals surface area contributed by atoms with E-state index in [4.69, 9.17) is 4.74 Å². The molecule has 3 rings (SSSR count). The molecule has 6 nitrogen and oxygen atoms in total. The van der Waals surface area contributed by atoms with Crippen LogP contribution in [-0.4, -0.2) is 44.4 Å². The Morgan fingerprint density at radius 3 is 2.40 bits per heavy atom. The Morgan fingerprint density at radius 1 is 1.10 bits per heavy atom. The van der Waals surface area contributed by atoms with Crippen molar-refractivity contribution in [2.75, 3.05) is 19.7 Å². The lowest BCUT2D eigenvalue weighted by molar-refractivity contribution is -0.126. The van der Waals surface area contributed by atoms with Gasteiger partial charge < -0.3 is 10.1 Å². The molecule has 1 fully saturated rings. The molecule has 1 atom stereocenters. The van der Waals surface area contributed by atoms with Crippen LogP contribution in [0.5, 0.6) is 5.75 Å². The highest BCUT2D eigenvalue weighted by Crippen LogP contribution is 2.24. The molecule has 0 unspecified atom stereocenters. The molecule has 1 amide bonds. The molecule has 7 heteroatoms. The molecule has 1 aliphatic rings. The van der Waals surface area contributed by atoms with Crippen molar-refractivity contribution in [2.45, 2.75) is 44.6 Å². The Morgan fingerprint density at radius 2 is 1.77 bits per heavy atom. The molecule has 0 bridgehead atoms. The highest BCUT2D eigenvalue weighted by Gasteiger charge is 2.32. The highest BCUT2D eigenvalue weighted by atomic mass is 32.2. The van der Waals surface area contributed by atoms with E-state index >= 15 is 0 Å². The smallest absolute Gasteiger partial charge is 0.243 e. The molecular formula is C23H30N2O4S. The normalized spacial score (nSPS) is 16.8. The molecule has 0 saturated carbocycles. The number of ether oxygens (including phenoxy) is 1. The first-order valence-electron chi connectivity index (χ1n) is 10.3. The van der Waals surface area contributed by atoms with E-state index in [2.05, 4.69) is 12.2 Å². The van der Waals surface area contributed by atoms with Gasteiger partial charge in [0.15, 0.2) is 0 Å². The van der Waals surface area contributed by atoms with Crippen molar-refractivity contribution in [1.29, 1.82) is 0 Å². The quantitative estimate of drug-likeness (QED) is 0.731. The van der Waals surface area contributed by atoms with Gasteiger partial charge in [0.2, 0.25) is 15.9 Å². The van der Waals surface area contributed by atoms with Gasteiger partial charge in [0.1, 0.15) is 12.4 Å². The van der Waals surface area contributed by atoms with Gasteiger partial charge in [0, 0.05) is 19.0 Å². The van der Waals surface area contributed by atoms with Crippen molar-refractivity contribution in [3.8, 4) is 5.75 Å². The van der Waals surface area contributed by atoms with Crippen LogP contribution in [0.4, 0.5) is 0 Å². The van der Waals surface area contributed by atoms with E-state index in [1.54, 1.807) is 30.3 Å². The second-order valence-electron chi connectivity index (χ2n) is 7.96. The third-order valence-electron chi connectivity index (χ3n) is 5.57. The Hall–Kier alpha value is -2.38. The molecule has 0 spiro atoms. The van der Waals surface area contributed by atoms with Crippen LogP contribution in [0.2, 0.25) is 0 Å². The maximum atomic E-state index is 12.7. The molecule has 1 N–H and O–H groups in total. The number of benzene rings is 2. The Balaban J connectivity index is 1.47. The van der Waals surface area contributed by atoms with Gasteiger partial charge in [0.05, 0.1) is 10.9 Å². The Bertz CT molecular complexity index is 968. The molecule has 2 aromatic carbocycles. The third-order valence-corrected chi connectivity index (χ3v) is 7.49. The maximum Gasteiger partial charge on any atom is 0.243 e. The monoisotopic (exact) mass is 430 g/mol. The predicted octanol–water partition coefficient (Wildman–Crippen LogP) is 3.29. The summed E-state index contributed by atoms with van der Waals surface area (Å²) < 4.78 is 32.7. The summed E-state index contributed by atoms with van der Waals surface area (Å²) in [5, 5.41) is 3.00. The van der Waals surface area contributed by atoms with Crippen molar-refractivity contribution >= 4 is 15.9 Å². The molecule has 0 aliphatic carbocycles. The number of carbonyl (C=O) groups excluding carboxylic acids is 1. The van der Waals surface area contributed by atoms with Crippen LogP contribution >= 0.6 is 0 Å². The van der Waals surface area contributed by atoms with Crippen LogP contribution < -0.4 is 10.1 Å². The number of piperidine rings is 1. The van der Waals surface area contributed by atoms with E-state index < -0.39 is 10.0 Å². The number of sulfonamides is 1. The lowest BCUT2D eigenvalue weighted by Gasteiger charge is -2.31. The lowest BCUT2D eigenvalue weighted by atomic mass is 9.97. The zero-order valence-electron chi connectivity index (χ0n) is 17.8. The first-order valence-corrected chi connectivity index (χ1v) is 11.8. The summed E-state index contributed by atoms with van der Waals surface area (Å²) in [6, 6.07) is 14.2. The zero-order chi connectivity index (χ0) is 21.7. The van der Waals surface area contributed by atoms with Crippen molar-refractivity contribution in [3.63, 3.8) is 0 Å². The molecular weight excluding hydrogens is 400 g/mol. The SMILES string of the molecule is Cc1ccc(OC[C@H](C)NC(=O)C2CCN(S(=O)(=O)c3ccccc3)CC2)cc1C. The summed E-state index contributed by atoms with van der Waals surface area (Å²) in [5.41, 5.74) is 2.38. The minimum atomic E-state index is -3.50. The zero-order valence-corrected chi connectivity index (χ0v) is 18.6. The van der Waals surface area contributed by atoms with Crippen LogP contribution in [0.15, 0.2) is 53.4 Å². The number of nitrogens with one attached hydrogen (secondary N) is 1. The number of hydrogen-bond acceptors (Lipinski definition) is 4. The van der Waals surface area contributed by atoms with Gasteiger partial charge in [-0.25, -0.2) is 8.42 Å². The summed E-state index contributed by atoms with van der Waals surface area (Å²) in [6.45, 7) is 7.09. The van der Waals surface area contributed by atoms with Gasteiger partial charge in [-0.1, -0.05) is 24.3 Å². The molecule has 1 saturated heterocycles. The van der Waals surface area contributed by atoms with Gasteiger partial charge in [-0.2, -0.15) is 4.31 Å². The largest absolute Gasteiger partial charge is 0.491 e. The molecule has 1 heterocycles. The average Bonchev–Trinajstić information content (AvgIpc) is 2.75. The van der Waals surface area contributed by atoms with E-state index in [0.717, 1.165) is 5.75 Å². The summed E-state index contributed by atoms with van der Waals surface area (Å²) in [5.74, 6) is 0.567. The second-order valence-corrected chi connectivity index (χ2v) is 9.90. The molecule has 1 aliphatic heterocycles. The standard InChI is InChI=1S/C23H30N2O4S/c1-17-9-10-21(15-18(17)2)29-16-19(3)24-23(26)20-11-13-25(14-12-20)30(27,28)22-7-5-4-6-8-22/h4-10,15,19-20H,11-14,16H2,1-3H3,(H,24,26)/t19-/m0/s1. The number of rotatable bonds is 7. The van der Waals surface area contributed by atoms with Crippen LogP contribution in [-0.2, 0) is 14.8 Å². The molecule has 30 heavy (non-hydrogen) atoms. The fraction of sp³-hybridized carbons (Fsp3) is 0.435. The molecule has 162 valence electrons. The van der Waals surface area contributed by atoms with E-state index in [1.165, 1.54) is 15.4 Å². The first kappa shape index (κ1) is 22.3. The third kappa shape index (κ3) is 5.40. The summed E-state index contributed by atoms with van der Waals surface area (Å²) in [7, 11) is -3.50. The maximum absolute atomic E-state index is 12.7. The molecule has 0 aromatic heterocycles. The average molecular weight is 431 g/mol. The van der Waals surface area contributed by atoms with Crippen molar-refractivity contribution < 1.29 is 17.9 Å². The summed E-state index contributed by atoms with van der Waals surface area (Å²) >= 11 is 0. The molecule has 0 radical (unpaired) electrons. The van der Waals surface area contributed by atoms with Gasteiger partial charge in [-0.05, 0) is 69.0 Å². The fourth-order valence-electron chi connectivity index (χ4n) is 3.53. The summed E-state index contributed by atoms with van der Waals surface area (Å²) in [6.07, 6.45) is 1.03. The molecule has 2 aromatic rings. The van der Waals surface area contributed by atoms with Gasteiger partial charge in [-0.15, -0.1) is 0 Å². The van der Waals surface area contributed by atoms with Crippen LogP contribution in [0, 0.1) is 19.8 Å². The Labute approximate surface area is 179 Å². The van der Waals surface area contributed by atoms with Crippen molar-refractivity contribution in [1.82, 2.24) is 9.62 Å². The van der Waals surface area contributed by atoms with E-state index in [1.807, 2.05) is 32.0 Å². The number of carbonyl (C=O) groups is 1. The number of nitrogens with zero attached hydrogens (tertiary/aromatic N) is 1.